The third-order valence-corrected chi connectivity index (χ3v) is 4.30. The lowest BCUT2D eigenvalue weighted by Gasteiger charge is -2.28. The van der Waals surface area contributed by atoms with Crippen molar-refractivity contribution < 1.29 is 14.3 Å². The molecule has 7 heteroatoms. The number of carbonyl (C=O) groups is 2. The van der Waals surface area contributed by atoms with Crippen molar-refractivity contribution in [1.29, 1.82) is 0 Å². The quantitative estimate of drug-likeness (QED) is 0.850. The van der Waals surface area contributed by atoms with Crippen LogP contribution in [0.2, 0.25) is 0 Å². The summed E-state index contributed by atoms with van der Waals surface area (Å²) in [5.41, 5.74) is 1.34. The van der Waals surface area contributed by atoms with Crippen molar-refractivity contribution >= 4 is 23.4 Å². The van der Waals surface area contributed by atoms with Crippen LogP contribution in [-0.2, 0) is 4.74 Å². The number of methoxy groups -OCH3 is 1. The Hall–Kier alpha value is -2.96. The van der Waals surface area contributed by atoms with Gasteiger partial charge in [0.1, 0.15) is 17.3 Å². The molecular formula is C19H22N4O3. The molecule has 0 unspecified atom stereocenters. The second-order valence-corrected chi connectivity index (χ2v) is 6.23. The maximum atomic E-state index is 12.6. The third kappa shape index (κ3) is 4.17. The van der Waals surface area contributed by atoms with Crippen LogP contribution in [0.5, 0.6) is 0 Å². The topological polar surface area (TPSA) is 84.4 Å². The first-order valence-electron chi connectivity index (χ1n) is 8.67. The van der Waals surface area contributed by atoms with E-state index in [1.54, 1.807) is 37.3 Å². The van der Waals surface area contributed by atoms with Crippen molar-refractivity contribution in [3.63, 3.8) is 0 Å². The smallest absolute Gasteiger partial charge is 0.337 e. The number of benzene rings is 1. The number of carbonyl (C=O) groups excluding carboxylic acids is 2. The van der Waals surface area contributed by atoms with E-state index in [-0.39, 0.29) is 5.91 Å². The normalized spacial score (nSPS) is 14.0. The first-order chi connectivity index (χ1) is 12.6. The Kier molecular flexibility index (Phi) is 5.46. The molecule has 1 saturated heterocycles. The van der Waals surface area contributed by atoms with Crippen LogP contribution in [0.4, 0.5) is 11.5 Å². The zero-order valence-corrected chi connectivity index (χ0v) is 15.0. The second kappa shape index (κ2) is 7.95. The zero-order chi connectivity index (χ0) is 18.5. The van der Waals surface area contributed by atoms with Crippen LogP contribution in [0, 0.1) is 6.92 Å². The van der Waals surface area contributed by atoms with Gasteiger partial charge in [-0.15, -0.1) is 0 Å². The molecule has 0 spiro atoms. The summed E-state index contributed by atoms with van der Waals surface area (Å²) in [5.74, 6) is 0.641. The van der Waals surface area contributed by atoms with Crippen molar-refractivity contribution in [2.45, 2.75) is 26.2 Å². The fourth-order valence-corrected chi connectivity index (χ4v) is 2.96. The summed E-state index contributed by atoms with van der Waals surface area (Å²) in [6.45, 7) is 3.69. The summed E-state index contributed by atoms with van der Waals surface area (Å²) in [5, 5.41) is 2.80. The number of nitrogens with zero attached hydrogens (tertiary/aromatic N) is 3. The molecule has 136 valence electrons. The monoisotopic (exact) mass is 354 g/mol. The molecule has 1 aromatic heterocycles. The highest BCUT2D eigenvalue weighted by atomic mass is 16.5. The van der Waals surface area contributed by atoms with E-state index in [1.165, 1.54) is 13.5 Å². The molecule has 0 saturated carbocycles. The van der Waals surface area contributed by atoms with E-state index in [0.717, 1.165) is 31.7 Å². The Bertz CT molecular complexity index is 799. The first-order valence-corrected chi connectivity index (χ1v) is 8.67. The number of anilines is 2. The molecule has 26 heavy (non-hydrogen) atoms. The number of aryl methyl sites for hydroxylation is 1. The van der Waals surface area contributed by atoms with Crippen molar-refractivity contribution in [1.82, 2.24) is 9.97 Å². The molecular weight excluding hydrogens is 332 g/mol. The van der Waals surface area contributed by atoms with Gasteiger partial charge in [-0.3, -0.25) is 4.79 Å². The standard InChI is InChI=1S/C19H22N4O3/c1-13-20-16(12-17(21-13)23-10-4-3-5-11-23)18(24)22-15-8-6-14(7-9-15)19(25)26-2/h6-9,12H,3-5,10-11H2,1-2H3,(H,22,24). The molecule has 0 atom stereocenters. The minimum atomic E-state index is -0.416. The fraction of sp³-hybridized carbons (Fsp3) is 0.368. The Labute approximate surface area is 152 Å². The number of aromatic nitrogens is 2. The molecule has 0 aliphatic carbocycles. The minimum absolute atomic E-state index is 0.306. The van der Waals surface area contributed by atoms with Gasteiger partial charge in [0.15, 0.2) is 0 Å². The van der Waals surface area contributed by atoms with E-state index >= 15 is 0 Å². The van der Waals surface area contributed by atoms with E-state index in [4.69, 9.17) is 0 Å². The van der Waals surface area contributed by atoms with E-state index in [1.807, 2.05) is 0 Å². The van der Waals surface area contributed by atoms with E-state index in [0.29, 0.717) is 22.8 Å². The molecule has 7 nitrogen and oxygen atoms in total. The van der Waals surface area contributed by atoms with E-state index in [9.17, 15) is 9.59 Å². The summed E-state index contributed by atoms with van der Waals surface area (Å²) >= 11 is 0. The number of hydrogen-bond donors (Lipinski definition) is 1. The van der Waals surface area contributed by atoms with Crippen LogP contribution in [-0.4, -0.2) is 42.0 Å². The average molecular weight is 354 g/mol. The number of esters is 1. The van der Waals surface area contributed by atoms with Gasteiger partial charge in [-0.2, -0.15) is 0 Å². The van der Waals surface area contributed by atoms with E-state index in [2.05, 4.69) is 24.9 Å². The fourth-order valence-electron chi connectivity index (χ4n) is 2.96. The van der Waals surface area contributed by atoms with Crippen molar-refractivity contribution in [3.05, 3.63) is 47.4 Å². The Morgan fingerprint density at radius 2 is 1.77 bits per heavy atom. The van der Waals surface area contributed by atoms with Gasteiger partial charge >= 0.3 is 5.97 Å². The summed E-state index contributed by atoms with van der Waals surface area (Å²) < 4.78 is 4.66. The summed E-state index contributed by atoms with van der Waals surface area (Å²) in [6.07, 6.45) is 3.50. The lowest BCUT2D eigenvalue weighted by molar-refractivity contribution is 0.0600. The number of ether oxygens (including phenoxy) is 1. The molecule has 2 heterocycles. The number of amides is 1. The molecule has 3 rings (SSSR count). The number of piperidine rings is 1. The zero-order valence-electron chi connectivity index (χ0n) is 15.0. The van der Waals surface area contributed by atoms with Gasteiger partial charge < -0.3 is 15.0 Å². The van der Waals surface area contributed by atoms with Crippen LogP contribution in [0.15, 0.2) is 30.3 Å². The maximum absolute atomic E-state index is 12.6. The van der Waals surface area contributed by atoms with Gasteiger partial charge in [0, 0.05) is 24.8 Å². The molecule has 2 aromatic rings. The Morgan fingerprint density at radius 1 is 1.08 bits per heavy atom. The third-order valence-electron chi connectivity index (χ3n) is 4.30. The van der Waals surface area contributed by atoms with Gasteiger partial charge in [0.2, 0.25) is 0 Å². The number of hydrogen-bond acceptors (Lipinski definition) is 6. The molecule has 1 fully saturated rings. The average Bonchev–Trinajstić information content (AvgIpc) is 2.68. The van der Waals surface area contributed by atoms with Crippen molar-refractivity contribution in [2.24, 2.45) is 0 Å². The van der Waals surface area contributed by atoms with Gasteiger partial charge in [0.25, 0.3) is 5.91 Å². The van der Waals surface area contributed by atoms with Crippen LogP contribution in [0.1, 0.15) is 45.9 Å². The van der Waals surface area contributed by atoms with Crippen LogP contribution in [0.25, 0.3) is 0 Å². The van der Waals surface area contributed by atoms with Crippen molar-refractivity contribution in [3.8, 4) is 0 Å². The molecule has 1 N–H and O–H groups in total. The van der Waals surface area contributed by atoms with Gasteiger partial charge in [0.05, 0.1) is 12.7 Å². The SMILES string of the molecule is COC(=O)c1ccc(NC(=O)c2cc(N3CCCCC3)nc(C)n2)cc1. The number of nitrogens with one attached hydrogen (secondary N) is 1. The van der Waals surface area contributed by atoms with Crippen molar-refractivity contribution in [2.75, 3.05) is 30.4 Å². The highest BCUT2D eigenvalue weighted by Gasteiger charge is 2.17. The molecule has 1 amide bonds. The predicted molar refractivity (Wildman–Crippen MR) is 98.6 cm³/mol. The van der Waals surface area contributed by atoms with Crippen LogP contribution in [0.3, 0.4) is 0 Å². The summed E-state index contributed by atoms with van der Waals surface area (Å²) in [4.78, 5) is 35.0. The summed E-state index contributed by atoms with van der Waals surface area (Å²) in [7, 11) is 1.33. The molecule has 1 aromatic carbocycles. The van der Waals surface area contributed by atoms with Gasteiger partial charge in [-0.05, 0) is 50.5 Å². The second-order valence-electron chi connectivity index (χ2n) is 6.23. The van der Waals surface area contributed by atoms with Crippen LogP contribution < -0.4 is 10.2 Å². The first kappa shape index (κ1) is 17.8. The van der Waals surface area contributed by atoms with Gasteiger partial charge in [-0.1, -0.05) is 0 Å². The highest BCUT2D eigenvalue weighted by Crippen LogP contribution is 2.19. The van der Waals surface area contributed by atoms with E-state index < -0.39 is 5.97 Å². The Balaban J connectivity index is 1.75. The predicted octanol–water partition coefficient (Wildman–Crippen LogP) is 2.81. The molecule has 1 aliphatic rings. The van der Waals surface area contributed by atoms with Crippen LogP contribution >= 0.6 is 0 Å². The maximum Gasteiger partial charge on any atom is 0.337 e. The van der Waals surface area contributed by atoms with Gasteiger partial charge in [-0.25, -0.2) is 14.8 Å². The minimum Gasteiger partial charge on any atom is -0.465 e. The summed E-state index contributed by atoms with van der Waals surface area (Å²) in [6, 6.07) is 8.25. The highest BCUT2D eigenvalue weighted by molar-refractivity contribution is 6.03. The lowest BCUT2D eigenvalue weighted by Crippen LogP contribution is -2.31. The lowest BCUT2D eigenvalue weighted by atomic mass is 10.1. The molecule has 0 bridgehead atoms. The molecule has 1 aliphatic heterocycles. The molecule has 0 radical (unpaired) electrons. The number of rotatable bonds is 4. The largest absolute Gasteiger partial charge is 0.465 e. The Morgan fingerprint density at radius 3 is 2.42 bits per heavy atom.